The van der Waals surface area contributed by atoms with Crippen LogP contribution in [0.5, 0.6) is 0 Å². The minimum atomic E-state index is -0.391. The van der Waals surface area contributed by atoms with Crippen LogP contribution < -0.4 is 16.4 Å². The van der Waals surface area contributed by atoms with E-state index in [0.29, 0.717) is 6.04 Å². The van der Waals surface area contributed by atoms with Gasteiger partial charge in [-0.15, -0.1) is 0 Å². The number of hydrogen-bond acceptors (Lipinski definition) is 4. The largest absolute Gasteiger partial charge is 0.354 e. The predicted octanol–water partition coefficient (Wildman–Crippen LogP) is 0.446. The fourth-order valence-electron chi connectivity index (χ4n) is 3.59. The van der Waals surface area contributed by atoms with E-state index in [1.165, 1.54) is 19.4 Å². The summed E-state index contributed by atoms with van der Waals surface area (Å²) in [6, 6.07) is 0.900. The van der Waals surface area contributed by atoms with Gasteiger partial charge in [0.05, 0.1) is 5.54 Å². The second-order valence-corrected chi connectivity index (χ2v) is 6.49. The van der Waals surface area contributed by atoms with Gasteiger partial charge in [-0.25, -0.2) is 0 Å². The van der Waals surface area contributed by atoms with Gasteiger partial charge >= 0.3 is 0 Å². The van der Waals surface area contributed by atoms with Crippen LogP contribution in [0.4, 0.5) is 0 Å². The molecule has 2 fully saturated rings. The number of nitrogens with zero attached hydrogens (tertiary/aromatic N) is 1. The zero-order valence-corrected chi connectivity index (χ0v) is 13.0. The summed E-state index contributed by atoms with van der Waals surface area (Å²) < 4.78 is 0. The average molecular weight is 282 g/mol. The topological polar surface area (TPSA) is 70.4 Å². The molecule has 2 rings (SSSR count). The van der Waals surface area contributed by atoms with E-state index in [1.54, 1.807) is 0 Å². The van der Waals surface area contributed by atoms with E-state index in [1.807, 2.05) is 7.05 Å². The number of rotatable bonds is 5. The molecule has 1 aliphatic carbocycles. The number of nitrogens with two attached hydrogens (primary N) is 1. The Morgan fingerprint density at radius 1 is 1.35 bits per heavy atom. The fraction of sp³-hybridized carbons (Fsp3) is 0.933. The maximum absolute atomic E-state index is 12.5. The lowest BCUT2D eigenvalue weighted by molar-refractivity contribution is -0.129. The summed E-state index contributed by atoms with van der Waals surface area (Å²) in [6.07, 6.45) is 7.16. The molecule has 5 heteroatoms. The van der Waals surface area contributed by atoms with Crippen molar-refractivity contribution < 1.29 is 4.79 Å². The first-order valence-electron chi connectivity index (χ1n) is 8.00. The molecule has 1 atom stereocenters. The first-order chi connectivity index (χ1) is 9.57. The third-order valence-electron chi connectivity index (χ3n) is 5.23. The average Bonchev–Trinajstić information content (AvgIpc) is 2.85. The van der Waals surface area contributed by atoms with E-state index < -0.39 is 5.54 Å². The number of carbonyl (C=O) groups excluding carboxylic acids is 1. The van der Waals surface area contributed by atoms with Gasteiger partial charge in [0.1, 0.15) is 0 Å². The van der Waals surface area contributed by atoms with E-state index in [-0.39, 0.29) is 11.9 Å². The van der Waals surface area contributed by atoms with Gasteiger partial charge in [-0.05, 0) is 65.6 Å². The molecule has 1 aliphatic heterocycles. The van der Waals surface area contributed by atoms with Gasteiger partial charge in [0.2, 0.25) is 5.91 Å². The SMILES string of the molecule is CNC1(C(=O)NCCC2CCCN2C)CCC(N)CC1. The van der Waals surface area contributed by atoms with Gasteiger partial charge in [-0.1, -0.05) is 0 Å². The molecule has 2 aliphatic rings. The van der Waals surface area contributed by atoms with Gasteiger partial charge in [-0.3, -0.25) is 4.79 Å². The van der Waals surface area contributed by atoms with Crippen molar-refractivity contribution in [1.29, 1.82) is 0 Å². The molecular weight excluding hydrogens is 252 g/mol. The van der Waals surface area contributed by atoms with Crippen LogP contribution in [0.2, 0.25) is 0 Å². The molecule has 4 N–H and O–H groups in total. The zero-order chi connectivity index (χ0) is 14.6. The molecule has 116 valence electrons. The Morgan fingerprint density at radius 3 is 2.60 bits per heavy atom. The molecule has 1 amide bonds. The first-order valence-corrected chi connectivity index (χ1v) is 8.00. The molecular formula is C15H30N4O. The lowest BCUT2D eigenvalue weighted by atomic mass is 9.79. The summed E-state index contributed by atoms with van der Waals surface area (Å²) >= 11 is 0. The molecule has 20 heavy (non-hydrogen) atoms. The zero-order valence-electron chi connectivity index (χ0n) is 13.0. The Balaban J connectivity index is 1.78. The number of likely N-dealkylation sites (tertiary alicyclic amines) is 1. The van der Waals surface area contributed by atoms with Crippen molar-refractivity contribution in [2.24, 2.45) is 5.73 Å². The smallest absolute Gasteiger partial charge is 0.240 e. The third kappa shape index (κ3) is 3.51. The van der Waals surface area contributed by atoms with Gasteiger partial charge in [-0.2, -0.15) is 0 Å². The lowest BCUT2D eigenvalue weighted by Gasteiger charge is -2.37. The maximum Gasteiger partial charge on any atom is 0.240 e. The quantitative estimate of drug-likeness (QED) is 0.684. The van der Waals surface area contributed by atoms with Gasteiger partial charge in [0.15, 0.2) is 0 Å². The summed E-state index contributed by atoms with van der Waals surface area (Å²) in [7, 11) is 4.07. The Bertz CT molecular complexity index is 326. The van der Waals surface area contributed by atoms with Crippen LogP contribution in [-0.2, 0) is 4.79 Å². The number of likely N-dealkylation sites (N-methyl/N-ethyl adjacent to an activating group) is 1. The fourth-order valence-corrected chi connectivity index (χ4v) is 3.59. The van der Waals surface area contributed by atoms with Crippen molar-refractivity contribution in [3.63, 3.8) is 0 Å². The molecule has 1 unspecified atom stereocenters. The van der Waals surface area contributed by atoms with Crippen molar-refractivity contribution in [1.82, 2.24) is 15.5 Å². The molecule has 0 aromatic rings. The normalized spacial score (nSPS) is 35.1. The molecule has 1 saturated heterocycles. The number of carbonyl (C=O) groups is 1. The van der Waals surface area contributed by atoms with Crippen molar-refractivity contribution in [3.05, 3.63) is 0 Å². The van der Waals surface area contributed by atoms with Crippen LogP contribution in [0.3, 0.4) is 0 Å². The van der Waals surface area contributed by atoms with E-state index >= 15 is 0 Å². The summed E-state index contributed by atoms with van der Waals surface area (Å²) in [6.45, 7) is 1.97. The monoisotopic (exact) mass is 282 g/mol. The van der Waals surface area contributed by atoms with Crippen LogP contribution in [0, 0.1) is 0 Å². The highest BCUT2D eigenvalue weighted by Crippen LogP contribution is 2.27. The highest BCUT2D eigenvalue weighted by Gasteiger charge is 2.39. The summed E-state index contributed by atoms with van der Waals surface area (Å²) in [5.74, 6) is 0.160. The van der Waals surface area contributed by atoms with E-state index in [9.17, 15) is 4.79 Å². The van der Waals surface area contributed by atoms with Crippen molar-refractivity contribution >= 4 is 5.91 Å². The Morgan fingerprint density at radius 2 is 2.05 bits per heavy atom. The number of hydrogen-bond donors (Lipinski definition) is 3. The highest BCUT2D eigenvalue weighted by atomic mass is 16.2. The van der Waals surface area contributed by atoms with Crippen LogP contribution in [0.25, 0.3) is 0 Å². The van der Waals surface area contributed by atoms with Gasteiger partial charge in [0.25, 0.3) is 0 Å². The van der Waals surface area contributed by atoms with Crippen LogP contribution in [-0.4, -0.2) is 55.6 Å². The third-order valence-corrected chi connectivity index (χ3v) is 5.23. The van der Waals surface area contributed by atoms with Gasteiger partial charge in [0, 0.05) is 18.6 Å². The minimum Gasteiger partial charge on any atom is -0.354 e. The molecule has 1 heterocycles. The van der Waals surface area contributed by atoms with Crippen molar-refractivity contribution in [3.8, 4) is 0 Å². The predicted molar refractivity (Wildman–Crippen MR) is 81.5 cm³/mol. The second-order valence-electron chi connectivity index (χ2n) is 6.49. The Hall–Kier alpha value is -0.650. The summed E-state index contributed by atoms with van der Waals surface area (Å²) in [5.41, 5.74) is 5.55. The molecule has 1 saturated carbocycles. The van der Waals surface area contributed by atoms with E-state index in [4.69, 9.17) is 5.73 Å². The number of amides is 1. The lowest BCUT2D eigenvalue weighted by Crippen LogP contribution is -2.58. The molecule has 5 nitrogen and oxygen atoms in total. The minimum absolute atomic E-state index is 0.160. The molecule has 0 bridgehead atoms. The Kier molecular flexibility index (Phi) is 5.41. The first kappa shape index (κ1) is 15.7. The van der Waals surface area contributed by atoms with Crippen LogP contribution in [0.1, 0.15) is 44.9 Å². The molecule has 0 spiro atoms. The van der Waals surface area contributed by atoms with Crippen molar-refractivity contribution in [2.75, 3.05) is 27.2 Å². The van der Waals surface area contributed by atoms with Crippen molar-refractivity contribution in [2.45, 2.75) is 62.6 Å². The molecule has 0 aromatic heterocycles. The second kappa shape index (κ2) is 6.87. The van der Waals surface area contributed by atoms with E-state index in [2.05, 4.69) is 22.6 Å². The molecule has 0 radical (unpaired) electrons. The standard InChI is InChI=1S/C15H30N4O/c1-17-15(8-5-12(16)6-9-15)14(20)18-10-7-13-4-3-11-19(13)2/h12-13,17H,3-11,16H2,1-2H3,(H,18,20). The highest BCUT2D eigenvalue weighted by molar-refractivity contribution is 5.86. The Labute approximate surface area is 122 Å². The van der Waals surface area contributed by atoms with Crippen LogP contribution >= 0.6 is 0 Å². The van der Waals surface area contributed by atoms with Gasteiger partial charge < -0.3 is 21.3 Å². The van der Waals surface area contributed by atoms with Crippen LogP contribution in [0.15, 0.2) is 0 Å². The maximum atomic E-state index is 12.5. The number of nitrogens with one attached hydrogen (secondary N) is 2. The summed E-state index contributed by atoms with van der Waals surface area (Å²) in [5, 5.41) is 6.38. The van der Waals surface area contributed by atoms with E-state index in [0.717, 1.165) is 38.6 Å². The molecule has 0 aromatic carbocycles. The summed E-state index contributed by atoms with van der Waals surface area (Å²) in [4.78, 5) is 14.9.